The summed E-state index contributed by atoms with van der Waals surface area (Å²) in [7, 11) is 0. The van der Waals surface area contributed by atoms with E-state index in [1.807, 2.05) is 24.3 Å². The van der Waals surface area contributed by atoms with E-state index in [4.69, 9.17) is 10.5 Å². The van der Waals surface area contributed by atoms with E-state index in [1.165, 1.54) is 0 Å². The van der Waals surface area contributed by atoms with Gasteiger partial charge < -0.3 is 15.6 Å². The van der Waals surface area contributed by atoms with Crippen LogP contribution in [0, 0.1) is 0 Å². The highest BCUT2D eigenvalue weighted by molar-refractivity contribution is 9.10. The molecule has 0 bridgehead atoms. The van der Waals surface area contributed by atoms with Crippen LogP contribution in [0.4, 0.5) is 4.79 Å². The maximum atomic E-state index is 10.9. The van der Waals surface area contributed by atoms with Gasteiger partial charge in [-0.25, -0.2) is 4.79 Å². The molecule has 3 N–H and O–H groups in total. The van der Waals surface area contributed by atoms with Crippen LogP contribution in [0.3, 0.4) is 0 Å². The SMILES string of the molecule is NC(=O)OC[C@@](O)(CCc1ccc(Br)cc1)c1cccnc1. The topological polar surface area (TPSA) is 85.4 Å². The van der Waals surface area contributed by atoms with Crippen molar-refractivity contribution in [2.75, 3.05) is 6.61 Å². The Labute approximate surface area is 137 Å². The van der Waals surface area contributed by atoms with Gasteiger partial charge in [-0.2, -0.15) is 0 Å². The first kappa shape index (κ1) is 16.5. The zero-order valence-electron chi connectivity index (χ0n) is 11.9. The summed E-state index contributed by atoms with van der Waals surface area (Å²) in [6, 6.07) is 11.3. The number of nitrogens with zero attached hydrogens (tertiary/aromatic N) is 1. The number of hydrogen-bond donors (Lipinski definition) is 2. The van der Waals surface area contributed by atoms with Crippen LogP contribution in [0.1, 0.15) is 17.5 Å². The van der Waals surface area contributed by atoms with Crippen LogP contribution in [0.25, 0.3) is 0 Å². The molecule has 0 aliphatic rings. The maximum absolute atomic E-state index is 10.9. The smallest absolute Gasteiger partial charge is 0.404 e. The summed E-state index contributed by atoms with van der Waals surface area (Å²) >= 11 is 3.38. The molecule has 0 aliphatic carbocycles. The van der Waals surface area contributed by atoms with E-state index in [1.54, 1.807) is 24.5 Å². The number of carbonyl (C=O) groups excluding carboxylic acids is 1. The number of benzene rings is 1. The molecule has 0 saturated heterocycles. The molecule has 0 aliphatic heterocycles. The third kappa shape index (κ3) is 4.54. The minimum atomic E-state index is -1.32. The van der Waals surface area contributed by atoms with Crippen molar-refractivity contribution in [1.29, 1.82) is 0 Å². The second-order valence-corrected chi connectivity index (χ2v) is 5.92. The monoisotopic (exact) mass is 364 g/mol. The molecule has 2 aromatic rings. The van der Waals surface area contributed by atoms with Gasteiger partial charge in [0.25, 0.3) is 0 Å². The molecule has 0 unspecified atom stereocenters. The molecule has 0 spiro atoms. The molecule has 6 heteroatoms. The van der Waals surface area contributed by atoms with Crippen LogP contribution >= 0.6 is 15.9 Å². The summed E-state index contributed by atoms with van der Waals surface area (Å²) in [5, 5.41) is 10.9. The van der Waals surface area contributed by atoms with E-state index in [9.17, 15) is 9.90 Å². The summed E-state index contributed by atoms with van der Waals surface area (Å²) < 4.78 is 5.82. The molecule has 0 radical (unpaired) electrons. The van der Waals surface area contributed by atoms with Gasteiger partial charge in [0.05, 0.1) is 0 Å². The van der Waals surface area contributed by atoms with Crippen molar-refractivity contribution in [3.8, 4) is 0 Å². The lowest BCUT2D eigenvalue weighted by molar-refractivity contribution is -0.0309. The summed E-state index contributed by atoms with van der Waals surface area (Å²) in [5.41, 5.74) is 5.35. The van der Waals surface area contributed by atoms with E-state index >= 15 is 0 Å². The predicted octanol–water partition coefficient (Wildman–Crippen LogP) is 2.76. The number of rotatable bonds is 6. The third-order valence-electron chi connectivity index (χ3n) is 3.39. The summed E-state index contributed by atoms with van der Waals surface area (Å²) in [6.45, 7) is -0.204. The zero-order valence-corrected chi connectivity index (χ0v) is 13.5. The lowest BCUT2D eigenvalue weighted by atomic mass is 9.89. The lowest BCUT2D eigenvalue weighted by Gasteiger charge is -2.27. The quantitative estimate of drug-likeness (QED) is 0.824. The van der Waals surface area contributed by atoms with E-state index in [0.717, 1.165) is 10.0 Å². The third-order valence-corrected chi connectivity index (χ3v) is 3.92. The van der Waals surface area contributed by atoms with Gasteiger partial charge in [-0.1, -0.05) is 34.1 Å². The Hall–Kier alpha value is -1.92. The second-order valence-electron chi connectivity index (χ2n) is 5.01. The highest BCUT2D eigenvalue weighted by Gasteiger charge is 2.31. The number of amides is 1. The standard InChI is InChI=1S/C16H17BrN2O3/c17-14-5-3-12(4-6-14)7-8-16(21,11-22-15(18)20)13-2-1-9-19-10-13/h1-6,9-10,21H,7-8,11H2,(H2,18,20)/t16-/m0/s1. The first-order valence-corrected chi connectivity index (χ1v) is 7.58. The Morgan fingerprint density at radius 1 is 1.32 bits per heavy atom. The number of aliphatic hydroxyl groups is 1. The average Bonchev–Trinajstić information content (AvgIpc) is 2.53. The summed E-state index contributed by atoms with van der Waals surface area (Å²) in [6.07, 6.45) is 3.28. The van der Waals surface area contributed by atoms with Gasteiger partial charge >= 0.3 is 6.09 Å². The molecule has 2 rings (SSSR count). The molecule has 1 aromatic carbocycles. The van der Waals surface area contributed by atoms with Crippen molar-refractivity contribution in [2.24, 2.45) is 5.73 Å². The number of ether oxygens (including phenoxy) is 1. The minimum absolute atomic E-state index is 0.204. The van der Waals surface area contributed by atoms with Crippen LogP contribution in [-0.4, -0.2) is 22.8 Å². The van der Waals surface area contributed by atoms with Crippen LogP contribution in [0.15, 0.2) is 53.3 Å². The fourth-order valence-electron chi connectivity index (χ4n) is 2.13. The largest absolute Gasteiger partial charge is 0.446 e. The van der Waals surface area contributed by atoms with Gasteiger partial charge in [0.1, 0.15) is 12.2 Å². The van der Waals surface area contributed by atoms with Gasteiger partial charge in [-0.15, -0.1) is 0 Å². The number of carbonyl (C=O) groups is 1. The number of pyridine rings is 1. The number of aromatic nitrogens is 1. The zero-order chi connectivity index (χ0) is 16.0. The molecular weight excluding hydrogens is 348 g/mol. The summed E-state index contributed by atoms with van der Waals surface area (Å²) in [4.78, 5) is 14.9. The second kappa shape index (κ2) is 7.38. The van der Waals surface area contributed by atoms with Crippen molar-refractivity contribution in [2.45, 2.75) is 18.4 Å². The fraction of sp³-hybridized carbons (Fsp3) is 0.250. The Bertz CT molecular complexity index is 619. The molecule has 1 aromatic heterocycles. The Morgan fingerprint density at radius 2 is 2.05 bits per heavy atom. The number of nitrogens with two attached hydrogens (primary N) is 1. The van der Waals surface area contributed by atoms with Gasteiger partial charge in [-0.3, -0.25) is 4.98 Å². The highest BCUT2D eigenvalue weighted by atomic mass is 79.9. The molecule has 0 fully saturated rings. The van der Waals surface area contributed by atoms with Crippen molar-refractivity contribution in [1.82, 2.24) is 4.98 Å². The van der Waals surface area contributed by atoms with Crippen LogP contribution < -0.4 is 5.73 Å². The van der Waals surface area contributed by atoms with Crippen LogP contribution in [0.2, 0.25) is 0 Å². The van der Waals surface area contributed by atoms with Gasteiger partial charge in [0, 0.05) is 22.4 Å². The Kier molecular flexibility index (Phi) is 5.51. The maximum Gasteiger partial charge on any atom is 0.404 e. The first-order chi connectivity index (χ1) is 10.5. The Morgan fingerprint density at radius 3 is 2.64 bits per heavy atom. The van der Waals surface area contributed by atoms with Gasteiger partial charge in [0.15, 0.2) is 0 Å². The number of primary amides is 1. The number of halogens is 1. The molecule has 1 atom stereocenters. The van der Waals surface area contributed by atoms with E-state index in [0.29, 0.717) is 18.4 Å². The molecule has 0 saturated carbocycles. The molecule has 1 heterocycles. The van der Waals surface area contributed by atoms with E-state index in [2.05, 4.69) is 20.9 Å². The minimum Gasteiger partial charge on any atom is -0.446 e. The lowest BCUT2D eigenvalue weighted by Crippen LogP contribution is -2.34. The molecule has 1 amide bonds. The molecule has 5 nitrogen and oxygen atoms in total. The fourth-order valence-corrected chi connectivity index (χ4v) is 2.39. The predicted molar refractivity (Wildman–Crippen MR) is 86.1 cm³/mol. The molecule has 116 valence electrons. The van der Waals surface area contributed by atoms with Crippen molar-refractivity contribution in [3.63, 3.8) is 0 Å². The van der Waals surface area contributed by atoms with E-state index in [-0.39, 0.29) is 6.61 Å². The van der Waals surface area contributed by atoms with Gasteiger partial charge in [0.2, 0.25) is 0 Å². The van der Waals surface area contributed by atoms with Crippen molar-refractivity contribution < 1.29 is 14.6 Å². The number of aryl methyl sites for hydroxylation is 1. The average molecular weight is 365 g/mol. The van der Waals surface area contributed by atoms with Crippen molar-refractivity contribution >= 4 is 22.0 Å². The molecular formula is C16H17BrN2O3. The summed E-state index contributed by atoms with van der Waals surface area (Å²) in [5.74, 6) is 0. The Balaban J connectivity index is 2.13. The van der Waals surface area contributed by atoms with Crippen LogP contribution in [-0.2, 0) is 16.8 Å². The van der Waals surface area contributed by atoms with Gasteiger partial charge in [-0.05, 0) is 36.6 Å². The normalized spacial score (nSPS) is 13.4. The highest BCUT2D eigenvalue weighted by Crippen LogP contribution is 2.27. The van der Waals surface area contributed by atoms with Crippen LogP contribution in [0.5, 0.6) is 0 Å². The van der Waals surface area contributed by atoms with E-state index < -0.39 is 11.7 Å². The molecule has 22 heavy (non-hydrogen) atoms. The first-order valence-electron chi connectivity index (χ1n) is 6.79. The number of hydrogen-bond acceptors (Lipinski definition) is 4. The van der Waals surface area contributed by atoms with Crippen molar-refractivity contribution in [3.05, 3.63) is 64.4 Å².